The Morgan fingerprint density at radius 1 is 1.14 bits per heavy atom. The van der Waals surface area contributed by atoms with Gasteiger partial charge in [-0.05, 0) is 56.7 Å². The number of Topliss-reactive ketones (excluding diaryl/α,β-unsaturated/α-hetero) is 2. The Morgan fingerprint density at radius 3 is 2.52 bits per heavy atom. The van der Waals surface area contributed by atoms with Gasteiger partial charge in [-0.1, -0.05) is 28.1 Å². The summed E-state index contributed by atoms with van der Waals surface area (Å²) >= 11 is 3.35. The molecule has 1 N–H and O–H groups in total. The molecule has 0 fully saturated rings. The van der Waals surface area contributed by atoms with E-state index in [1.54, 1.807) is 57.2 Å². The number of anilines is 1. The lowest BCUT2D eigenvalue weighted by atomic mass is 9.99. The minimum atomic E-state index is -0.653. The Balaban J connectivity index is 2.11. The minimum absolute atomic E-state index is 0.0335. The summed E-state index contributed by atoms with van der Waals surface area (Å²) in [5.74, 6) is -0.661. The molecule has 0 aliphatic carbocycles. The first-order chi connectivity index (χ1) is 13.6. The van der Waals surface area contributed by atoms with Crippen LogP contribution in [-0.4, -0.2) is 23.3 Å². The summed E-state index contributed by atoms with van der Waals surface area (Å²) in [6, 6.07) is 13.3. The average molecular weight is 457 g/mol. The molecule has 0 aromatic heterocycles. The molecule has 0 unspecified atom stereocenters. The van der Waals surface area contributed by atoms with Crippen LogP contribution in [0.3, 0.4) is 0 Å². The molecular weight excluding hydrogens is 436 g/mol. The summed E-state index contributed by atoms with van der Waals surface area (Å²) in [7, 11) is 0. The smallest absolute Gasteiger partial charge is 0.412 e. The van der Waals surface area contributed by atoms with Crippen molar-refractivity contribution in [3.05, 3.63) is 63.6 Å². The molecule has 0 atom stereocenters. The molecule has 2 aromatic rings. The van der Waals surface area contributed by atoms with Gasteiger partial charge in [0.05, 0.1) is 18.1 Å². The number of benzene rings is 2. The number of hydrogen-bond donors (Lipinski definition) is 1. The Kier molecular flexibility index (Phi) is 7.29. The molecule has 150 valence electrons. The van der Waals surface area contributed by atoms with Gasteiger partial charge in [0.25, 0.3) is 0 Å². The quantitative estimate of drug-likeness (QED) is 0.484. The molecule has 0 aliphatic heterocycles. The van der Waals surface area contributed by atoms with E-state index in [-0.39, 0.29) is 24.4 Å². The molecule has 0 heterocycles. The van der Waals surface area contributed by atoms with Gasteiger partial charge in [0, 0.05) is 22.1 Å². The van der Waals surface area contributed by atoms with E-state index in [2.05, 4.69) is 21.2 Å². The number of nitrogens with zero attached hydrogens (tertiary/aromatic N) is 1. The lowest BCUT2D eigenvalue weighted by molar-refractivity contribution is -0.117. The lowest BCUT2D eigenvalue weighted by Crippen LogP contribution is -2.27. The summed E-state index contributed by atoms with van der Waals surface area (Å²) in [5, 5.41) is 11.6. The van der Waals surface area contributed by atoms with Crippen molar-refractivity contribution in [2.45, 2.75) is 39.2 Å². The van der Waals surface area contributed by atoms with E-state index in [0.29, 0.717) is 22.4 Å². The van der Waals surface area contributed by atoms with Crippen LogP contribution in [0.5, 0.6) is 0 Å². The summed E-state index contributed by atoms with van der Waals surface area (Å²) in [6.07, 6.45) is -0.959. The standard InChI is InChI=1S/C22H21BrN2O4/c1-22(2,3)29-21(28)25-19-8-7-17(23)10-16(19)11-18(26)12-20(27)15-6-4-5-14(9-15)13-24/h4-10H,11-12H2,1-3H3,(H,25,28). The van der Waals surface area contributed by atoms with E-state index in [9.17, 15) is 14.4 Å². The largest absolute Gasteiger partial charge is 0.444 e. The number of halogens is 1. The van der Waals surface area contributed by atoms with Gasteiger partial charge in [0.1, 0.15) is 11.4 Å². The fraction of sp³-hybridized carbons (Fsp3) is 0.273. The average Bonchev–Trinajstić information content (AvgIpc) is 2.62. The third kappa shape index (κ3) is 7.16. The molecule has 6 nitrogen and oxygen atoms in total. The van der Waals surface area contributed by atoms with Gasteiger partial charge < -0.3 is 4.74 Å². The van der Waals surface area contributed by atoms with E-state index < -0.39 is 11.7 Å². The van der Waals surface area contributed by atoms with Gasteiger partial charge in [-0.25, -0.2) is 4.79 Å². The van der Waals surface area contributed by atoms with Gasteiger partial charge in [-0.15, -0.1) is 0 Å². The maximum Gasteiger partial charge on any atom is 0.412 e. The van der Waals surface area contributed by atoms with Crippen LogP contribution in [0.2, 0.25) is 0 Å². The molecule has 0 spiro atoms. The van der Waals surface area contributed by atoms with E-state index in [1.165, 1.54) is 6.07 Å². The molecular formula is C22H21BrN2O4. The zero-order chi connectivity index (χ0) is 21.6. The fourth-order valence-electron chi connectivity index (χ4n) is 2.56. The predicted molar refractivity (Wildman–Crippen MR) is 113 cm³/mol. The van der Waals surface area contributed by atoms with Crippen LogP contribution in [0.15, 0.2) is 46.9 Å². The number of carbonyl (C=O) groups excluding carboxylic acids is 3. The summed E-state index contributed by atoms with van der Waals surface area (Å²) in [5.41, 5.74) is 1.03. The zero-order valence-electron chi connectivity index (χ0n) is 16.4. The molecule has 29 heavy (non-hydrogen) atoms. The number of amides is 1. The number of ketones is 2. The number of rotatable bonds is 6. The maximum absolute atomic E-state index is 12.5. The Labute approximate surface area is 178 Å². The van der Waals surface area contributed by atoms with E-state index in [0.717, 1.165) is 4.47 Å². The fourth-order valence-corrected chi connectivity index (χ4v) is 2.97. The molecule has 0 saturated carbocycles. The number of nitrogens with one attached hydrogen (secondary N) is 1. The number of carbonyl (C=O) groups is 3. The van der Waals surface area contributed by atoms with Gasteiger partial charge in [0.2, 0.25) is 0 Å². The van der Waals surface area contributed by atoms with Gasteiger partial charge >= 0.3 is 6.09 Å². The van der Waals surface area contributed by atoms with Crippen LogP contribution >= 0.6 is 15.9 Å². The second kappa shape index (κ2) is 9.48. The van der Waals surface area contributed by atoms with Crippen molar-refractivity contribution >= 4 is 39.3 Å². The number of nitriles is 1. The van der Waals surface area contributed by atoms with Crippen LogP contribution in [0, 0.1) is 11.3 Å². The maximum atomic E-state index is 12.5. The molecule has 0 bridgehead atoms. The summed E-state index contributed by atoms with van der Waals surface area (Å²) in [4.78, 5) is 36.9. The van der Waals surface area contributed by atoms with Crippen LogP contribution in [0.25, 0.3) is 0 Å². The first kappa shape index (κ1) is 22.3. The van der Waals surface area contributed by atoms with Crippen molar-refractivity contribution in [2.75, 3.05) is 5.32 Å². The molecule has 0 saturated heterocycles. The molecule has 2 rings (SSSR count). The topological polar surface area (TPSA) is 96.3 Å². The number of ether oxygens (including phenoxy) is 1. The van der Waals surface area contributed by atoms with Gasteiger partial charge in [0.15, 0.2) is 5.78 Å². The molecule has 7 heteroatoms. The second-order valence-corrected chi connectivity index (χ2v) is 8.35. The van der Waals surface area contributed by atoms with E-state index >= 15 is 0 Å². The van der Waals surface area contributed by atoms with Crippen molar-refractivity contribution in [3.63, 3.8) is 0 Å². The third-order valence-electron chi connectivity index (χ3n) is 3.76. The van der Waals surface area contributed by atoms with E-state index in [1.807, 2.05) is 6.07 Å². The van der Waals surface area contributed by atoms with Crippen molar-refractivity contribution in [1.82, 2.24) is 0 Å². The van der Waals surface area contributed by atoms with Gasteiger partial charge in [-0.3, -0.25) is 14.9 Å². The first-order valence-electron chi connectivity index (χ1n) is 8.91. The predicted octanol–water partition coefficient (Wildman–Crippen LogP) is 5.05. The highest BCUT2D eigenvalue weighted by atomic mass is 79.9. The molecule has 0 radical (unpaired) electrons. The van der Waals surface area contributed by atoms with Crippen LogP contribution in [-0.2, 0) is 16.0 Å². The molecule has 2 aromatic carbocycles. The second-order valence-electron chi connectivity index (χ2n) is 7.44. The van der Waals surface area contributed by atoms with Crippen LogP contribution < -0.4 is 5.32 Å². The third-order valence-corrected chi connectivity index (χ3v) is 4.26. The highest BCUT2D eigenvalue weighted by molar-refractivity contribution is 9.10. The van der Waals surface area contributed by atoms with Crippen molar-refractivity contribution in [3.8, 4) is 6.07 Å². The Hall–Kier alpha value is -2.98. The highest BCUT2D eigenvalue weighted by Gasteiger charge is 2.19. The number of hydrogen-bond acceptors (Lipinski definition) is 5. The van der Waals surface area contributed by atoms with Crippen LogP contribution in [0.1, 0.15) is 48.7 Å². The molecule has 0 aliphatic rings. The monoisotopic (exact) mass is 456 g/mol. The lowest BCUT2D eigenvalue weighted by Gasteiger charge is -2.20. The van der Waals surface area contributed by atoms with Crippen LogP contribution in [0.4, 0.5) is 10.5 Å². The SMILES string of the molecule is CC(C)(C)OC(=O)Nc1ccc(Br)cc1CC(=O)CC(=O)c1cccc(C#N)c1. The normalized spacial score (nSPS) is 10.7. The Morgan fingerprint density at radius 2 is 1.86 bits per heavy atom. The zero-order valence-corrected chi connectivity index (χ0v) is 18.0. The Bertz CT molecular complexity index is 987. The minimum Gasteiger partial charge on any atom is -0.444 e. The van der Waals surface area contributed by atoms with Crippen molar-refractivity contribution in [2.24, 2.45) is 0 Å². The van der Waals surface area contributed by atoms with Gasteiger partial charge in [-0.2, -0.15) is 5.26 Å². The van der Waals surface area contributed by atoms with Crippen molar-refractivity contribution < 1.29 is 19.1 Å². The molecule has 1 amide bonds. The summed E-state index contributed by atoms with van der Waals surface area (Å²) < 4.78 is 5.99. The highest BCUT2D eigenvalue weighted by Crippen LogP contribution is 2.23. The van der Waals surface area contributed by atoms with E-state index in [4.69, 9.17) is 10.00 Å². The van der Waals surface area contributed by atoms with Crippen molar-refractivity contribution in [1.29, 1.82) is 5.26 Å². The first-order valence-corrected chi connectivity index (χ1v) is 9.70. The summed E-state index contributed by atoms with van der Waals surface area (Å²) in [6.45, 7) is 5.27.